The predicted molar refractivity (Wildman–Crippen MR) is 109 cm³/mol. The van der Waals surface area contributed by atoms with Gasteiger partial charge in [-0.2, -0.15) is 8.42 Å². The Morgan fingerprint density at radius 1 is 1.07 bits per heavy atom. The van der Waals surface area contributed by atoms with E-state index in [1.165, 1.54) is 32.1 Å². The summed E-state index contributed by atoms with van der Waals surface area (Å²) in [6, 6.07) is 6.82. The normalized spacial score (nSPS) is 22.9. The summed E-state index contributed by atoms with van der Waals surface area (Å²) in [7, 11) is -3.65. The minimum absolute atomic E-state index is 0.219. The highest BCUT2D eigenvalue weighted by molar-refractivity contribution is 7.90. The number of rotatable bonds is 4. The van der Waals surface area contributed by atoms with Gasteiger partial charge < -0.3 is 10.2 Å². The molecule has 1 aliphatic carbocycles. The van der Waals surface area contributed by atoms with Crippen molar-refractivity contribution < 1.29 is 13.2 Å². The fourth-order valence-corrected chi connectivity index (χ4v) is 5.51. The molecule has 2 heterocycles. The topological polar surface area (TPSA) is 82.1 Å². The molecule has 1 N–H and O–H groups in total. The van der Waals surface area contributed by atoms with Crippen LogP contribution in [0.25, 0.3) is 0 Å². The van der Waals surface area contributed by atoms with Crippen molar-refractivity contribution in [1.29, 1.82) is 0 Å². The van der Waals surface area contributed by atoms with E-state index in [1.807, 2.05) is 4.90 Å². The highest BCUT2D eigenvalue weighted by Gasteiger charge is 2.28. The molecule has 8 heteroatoms. The molecule has 28 heavy (non-hydrogen) atoms. The van der Waals surface area contributed by atoms with Crippen LogP contribution in [0.15, 0.2) is 33.6 Å². The van der Waals surface area contributed by atoms with Crippen LogP contribution in [0, 0.1) is 5.92 Å². The zero-order chi connectivity index (χ0) is 19.6. The second-order valence-electron chi connectivity index (χ2n) is 8.00. The van der Waals surface area contributed by atoms with Gasteiger partial charge in [-0.15, -0.1) is 4.40 Å². The first-order valence-electron chi connectivity index (χ1n) is 10.2. The molecule has 0 atom stereocenters. The van der Waals surface area contributed by atoms with Crippen LogP contribution in [0.5, 0.6) is 0 Å². The number of benzene rings is 1. The second-order valence-corrected chi connectivity index (χ2v) is 9.57. The highest BCUT2D eigenvalue weighted by Crippen LogP contribution is 2.28. The van der Waals surface area contributed by atoms with Gasteiger partial charge in [0, 0.05) is 32.6 Å². The minimum Gasteiger partial charge on any atom is -0.341 e. The fourth-order valence-electron chi connectivity index (χ4n) is 4.37. The number of piperazine rings is 1. The van der Waals surface area contributed by atoms with Gasteiger partial charge in [0.1, 0.15) is 10.7 Å². The molecule has 2 fully saturated rings. The van der Waals surface area contributed by atoms with Crippen LogP contribution in [-0.2, 0) is 14.8 Å². The first kappa shape index (κ1) is 19.4. The quantitative estimate of drug-likeness (QED) is 0.833. The maximum Gasteiger partial charge on any atom is 0.286 e. The Morgan fingerprint density at radius 3 is 2.54 bits per heavy atom. The van der Waals surface area contributed by atoms with Crippen molar-refractivity contribution in [1.82, 2.24) is 9.80 Å². The van der Waals surface area contributed by atoms with E-state index in [0.717, 1.165) is 13.1 Å². The molecule has 152 valence electrons. The van der Waals surface area contributed by atoms with E-state index in [4.69, 9.17) is 0 Å². The minimum atomic E-state index is -3.65. The summed E-state index contributed by atoms with van der Waals surface area (Å²) in [5.41, 5.74) is 0.578. The average molecular weight is 405 g/mol. The number of carbonyl (C=O) groups excluding carboxylic acids is 1. The number of sulfonamides is 1. The van der Waals surface area contributed by atoms with E-state index in [9.17, 15) is 13.2 Å². The molecule has 1 aromatic rings. The molecule has 3 aliphatic rings. The number of nitrogens with one attached hydrogen (secondary N) is 1. The maximum absolute atomic E-state index is 12.6. The van der Waals surface area contributed by atoms with Crippen molar-refractivity contribution in [2.24, 2.45) is 10.3 Å². The summed E-state index contributed by atoms with van der Waals surface area (Å²) in [6.07, 6.45) is 6.88. The standard InChI is InChI=1S/C20H28N4O3S/c25-20(14-16-6-2-1-3-7-16)24-12-10-23(11-13-24)15-19-21-17-8-4-5-9-18(17)28(26,27)22-19/h4-5,8-9,16H,1-3,6-7,10-15H2,(H,21,22). The molecule has 0 unspecified atom stereocenters. The van der Waals surface area contributed by atoms with Gasteiger partial charge in [-0.3, -0.25) is 9.69 Å². The summed E-state index contributed by atoms with van der Waals surface area (Å²) in [5.74, 6) is 1.28. The molecule has 1 aromatic carbocycles. The lowest BCUT2D eigenvalue weighted by Crippen LogP contribution is -2.51. The molecule has 7 nitrogen and oxygen atoms in total. The second kappa shape index (κ2) is 8.21. The van der Waals surface area contributed by atoms with Crippen molar-refractivity contribution in [3.05, 3.63) is 24.3 Å². The Labute approximate surface area is 166 Å². The monoisotopic (exact) mass is 404 g/mol. The van der Waals surface area contributed by atoms with E-state index in [-0.39, 0.29) is 10.8 Å². The number of anilines is 1. The van der Waals surface area contributed by atoms with E-state index >= 15 is 0 Å². The van der Waals surface area contributed by atoms with Crippen LogP contribution in [0.3, 0.4) is 0 Å². The number of para-hydroxylation sites is 1. The SMILES string of the molecule is O=C(CC1CCCCC1)N1CCN(CC2=NS(=O)(=O)c3ccccc3N2)CC1. The lowest BCUT2D eigenvalue weighted by Gasteiger charge is -2.36. The van der Waals surface area contributed by atoms with E-state index in [1.54, 1.807) is 24.3 Å². The molecule has 1 saturated carbocycles. The number of carbonyl (C=O) groups is 1. The first-order chi connectivity index (χ1) is 13.5. The van der Waals surface area contributed by atoms with E-state index in [0.29, 0.717) is 43.5 Å². The Bertz CT molecular complexity index is 854. The number of hydrogen-bond acceptors (Lipinski definition) is 5. The van der Waals surface area contributed by atoms with Crippen molar-refractivity contribution >= 4 is 27.5 Å². The molecule has 2 aliphatic heterocycles. The van der Waals surface area contributed by atoms with Gasteiger partial charge in [0.2, 0.25) is 5.91 Å². The molecule has 0 bridgehead atoms. The first-order valence-corrected chi connectivity index (χ1v) is 11.7. The lowest BCUT2D eigenvalue weighted by atomic mass is 9.86. The Balaban J connectivity index is 1.30. The average Bonchev–Trinajstić information content (AvgIpc) is 2.69. The van der Waals surface area contributed by atoms with E-state index < -0.39 is 10.0 Å². The smallest absolute Gasteiger partial charge is 0.286 e. The van der Waals surface area contributed by atoms with Gasteiger partial charge >= 0.3 is 0 Å². The Morgan fingerprint density at radius 2 is 1.79 bits per heavy atom. The van der Waals surface area contributed by atoms with Crippen LogP contribution in [0.4, 0.5) is 5.69 Å². The number of nitrogens with zero attached hydrogens (tertiary/aromatic N) is 3. The molecule has 0 aromatic heterocycles. The van der Waals surface area contributed by atoms with Crippen LogP contribution in [0.2, 0.25) is 0 Å². The summed E-state index contributed by atoms with van der Waals surface area (Å²) in [6.45, 7) is 3.31. The van der Waals surface area contributed by atoms with Gasteiger partial charge in [0.25, 0.3) is 10.0 Å². The van der Waals surface area contributed by atoms with Crippen molar-refractivity contribution in [3.8, 4) is 0 Å². The molecule has 1 saturated heterocycles. The molecule has 4 rings (SSSR count). The van der Waals surface area contributed by atoms with Gasteiger partial charge in [-0.25, -0.2) is 0 Å². The molecule has 1 amide bonds. The fraction of sp³-hybridized carbons (Fsp3) is 0.600. The number of amidine groups is 1. The zero-order valence-electron chi connectivity index (χ0n) is 16.1. The van der Waals surface area contributed by atoms with Gasteiger partial charge in [0.05, 0.1) is 12.2 Å². The Kier molecular flexibility index (Phi) is 5.68. The van der Waals surface area contributed by atoms with Gasteiger partial charge in [-0.1, -0.05) is 31.4 Å². The summed E-state index contributed by atoms with van der Waals surface area (Å²) in [4.78, 5) is 16.9. The highest BCUT2D eigenvalue weighted by atomic mass is 32.2. The third kappa shape index (κ3) is 4.38. The van der Waals surface area contributed by atoms with Crippen LogP contribution in [-0.4, -0.2) is 62.7 Å². The summed E-state index contributed by atoms with van der Waals surface area (Å²) >= 11 is 0. The molecular formula is C20H28N4O3S. The van der Waals surface area contributed by atoms with Crippen LogP contribution >= 0.6 is 0 Å². The van der Waals surface area contributed by atoms with Crippen molar-refractivity contribution in [3.63, 3.8) is 0 Å². The largest absolute Gasteiger partial charge is 0.341 e. The van der Waals surface area contributed by atoms with Crippen LogP contribution in [0.1, 0.15) is 38.5 Å². The molecular weight excluding hydrogens is 376 g/mol. The molecule has 0 radical (unpaired) electrons. The summed E-state index contributed by atoms with van der Waals surface area (Å²) in [5, 5.41) is 3.14. The van der Waals surface area contributed by atoms with E-state index in [2.05, 4.69) is 14.6 Å². The van der Waals surface area contributed by atoms with Crippen molar-refractivity contribution in [2.75, 3.05) is 38.0 Å². The zero-order valence-corrected chi connectivity index (χ0v) is 17.0. The lowest BCUT2D eigenvalue weighted by molar-refractivity contribution is -0.134. The summed E-state index contributed by atoms with van der Waals surface area (Å²) < 4.78 is 28.7. The maximum atomic E-state index is 12.6. The van der Waals surface area contributed by atoms with Crippen molar-refractivity contribution in [2.45, 2.75) is 43.4 Å². The third-order valence-electron chi connectivity index (χ3n) is 5.96. The number of amides is 1. The van der Waals surface area contributed by atoms with Gasteiger partial charge in [-0.05, 0) is 30.9 Å². The molecule has 0 spiro atoms. The number of fused-ring (bicyclic) bond motifs is 1. The van der Waals surface area contributed by atoms with Gasteiger partial charge in [0.15, 0.2) is 0 Å². The third-order valence-corrected chi connectivity index (χ3v) is 7.33. The van der Waals surface area contributed by atoms with Crippen LogP contribution < -0.4 is 5.32 Å². The number of hydrogen-bond donors (Lipinski definition) is 1. The Hall–Kier alpha value is -1.93. The predicted octanol–water partition coefficient (Wildman–Crippen LogP) is 2.31.